The highest BCUT2D eigenvalue weighted by atomic mass is 16.2. The molecule has 90 valence electrons. The molecule has 1 aliphatic carbocycles. The molecule has 0 aromatic heterocycles. The van der Waals surface area contributed by atoms with E-state index in [9.17, 15) is 4.79 Å². The Bertz CT molecular complexity index is 302. The molecular weight excluding hydrogens is 198 g/mol. The monoisotopic (exact) mass is 221 g/mol. The van der Waals surface area contributed by atoms with Crippen LogP contribution in [0, 0.1) is 11.3 Å². The molecule has 1 aliphatic rings. The largest absolute Gasteiger partial charge is 0.352 e. The average Bonchev–Trinajstić information content (AvgIpc) is 2.87. The van der Waals surface area contributed by atoms with Crippen LogP contribution in [0.5, 0.6) is 0 Å². The SMILES string of the molecule is C=CCNC(=O)C1CC1(C)CCC=C(C)C. The van der Waals surface area contributed by atoms with Crippen LogP contribution in [0.4, 0.5) is 0 Å². The normalized spacial score (nSPS) is 27.1. The first-order chi connectivity index (χ1) is 7.49. The first-order valence-electron chi connectivity index (χ1n) is 6.01. The smallest absolute Gasteiger partial charge is 0.223 e. The number of hydrogen-bond donors (Lipinski definition) is 1. The summed E-state index contributed by atoms with van der Waals surface area (Å²) in [5.74, 6) is 0.414. The molecule has 16 heavy (non-hydrogen) atoms. The molecule has 1 fully saturated rings. The second-order valence-electron chi connectivity index (χ2n) is 5.26. The number of carbonyl (C=O) groups excluding carboxylic acids is 1. The van der Waals surface area contributed by atoms with E-state index >= 15 is 0 Å². The Morgan fingerprint density at radius 1 is 1.56 bits per heavy atom. The van der Waals surface area contributed by atoms with Gasteiger partial charge in [-0.1, -0.05) is 24.6 Å². The molecule has 1 N–H and O–H groups in total. The third-order valence-electron chi connectivity index (χ3n) is 3.36. The quantitative estimate of drug-likeness (QED) is 0.686. The van der Waals surface area contributed by atoms with Gasteiger partial charge in [0.05, 0.1) is 0 Å². The fourth-order valence-electron chi connectivity index (χ4n) is 2.08. The van der Waals surface area contributed by atoms with Crippen LogP contribution in [-0.4, -0.2) is 12.5 Å². The predicted octanol–water partition coefficient (Wildman–Crippen LogP) is 3.06. The molecule has 1 saturated carbocycles. The Kier molecular flexibility index (Phi) is 4.34. The van der Waals surface area contributed by atoms with Gasteiger partial charge in [0, 0.05) is 12.5 Å². The lowest BCUT2D eigenvalue weighted by atomic mass is 9.98. The van der Waals surface area contributed by atoms with Crippen LogP contribution in [0.25, 0.3) is 0 Å². The summed E-state index contributed by atoms with van der Waals surface area (Å²) >= 11 is 0. The van der Waals surface area contributed by atoms with Gasteiger partial charge in [0.1, 0.15) is 0 Å². The van der Waals surface area contributed by atoms with E-state index in [1.54, 1.807) is 6.08 Å². The maximum Gasteiger partial charge on any atom is 0.223 e. The number of hydrogen-bond acceptors (Lipinski definition) is 1. The van der Waals surface area contributed by atoms with E-state index in [-0.39, 0.29) is 17.2 Å². The van der Waals surface area contributed by atoms with Gasteiger partial charge in [-0.2, -0.15) is 0 Å². The fraction of sp³-hybridized carbons (Fsp3) is 0.643. The third kappa shape index (κ3) is 3.51. The fourth-order valence-corrected chi connectivity index (χ4v) is 2.08. The molecule has 0 radical (unpaired) electrons. The number of amides is 1. The van der Waals surface area contributed by atoms with Crippen LogP contribution in [0.3, 0.4) is 0 Å². The molecular formula is C14H23NO. The molecule has 0 aromatic carbocycles. The molecule has 0 aliphatic heterocycles. The van der Waals surface area contributed by atoms with E-state index in [4.69, 9.17) is 0 Å². The summed E-state index contributed by atoms with van der Waals surface area (Å²) in [6.45, 7) is 10.6. The Balaban J connectivity index is 2.32. The molecule has 0 saturated heterocycles. The van der Waals surface area contributed by atoms with Crippen molar-refractivity contribution in [1.82, 2.24) is 5.32 Å². The van der Waals surface area contributed by atoms with Crippen molar-refractivity contribution < 1.29 is 4.79 Å². The number of allylic oxidation sites excluding steroid dienone is 2. The highest BCUT2D eigenvalue weighted by Crippen LogP contribution is 2.55. The Hall–Kier alpha value is -1.05. The van der Waals surface area contributed by atoms with Crippen molar-refractivity contribution in [1.29, 1.82) is 0 Å². The van der Waals surface area contributed by atoms with Gasteiger partial charge in [-0.05, 0) is 38.5 Å². The van der Waals surface area contributed by atoms with Crippen molar-refractivity contribution in [2.24, 2.45) is 11.3 Å². The minimum absolute atomic E-state index is 0.194. The molecule has 0 heterocycles. The maximum absolute atomic E-state index is 11.7. The average molecular weight is 221 g/mol. The number of rotatable bonds is 6. The van der Waals surface area contributed by atoms with Crippen LogP contribution in [0.2, 0.25) is 0 Å². The lowest BCUT2D eigenvalue weighted by Crippen LogP contribution is -2.26. The van der Waals surface area contributed by atoms with E-state index in [1.165, 1.54) is 5.57 Å². The minimum Gasteiger partial charge on any atom is -0.352 e. The van der Waals surface area contributed by atoms with E-state index < -0.39 is 0 Å². The summed E-state index contributed by atoms with van der Waals surface area (Å²) in [4.78, 5) is 11.7. The lowest BCUT2D eigenvalue weighted by molar-refractivity contribution is -0.122. The summed E-state index contributed by atoms with van der Waals surface area (Å²) < 4.78 is 0. The zero-order valence-electron chi connectivity index (χ0n) is 10.7. The third-order valence-corrected chi connectivity index (χ3v) is 3.36. The molecule has 2 heteroatoms. The zero-order valence-corrected chi connectivity index (χ0v) is 10.7. The zero-order chi connectivity index (χ0) is 12.2. The number of nitrogens with one attached hydrogen (secondary N) is 1. The van der Waals surface area contributed by atoms with Crippen molar-refractivity contribution in [3.05, 3.63) is 24.3 Å². The molecule has 2 unspecified atom stereocenters. The summed E-state index contributed by atoms with van der Waals surface area (Å²) in [5.41, 5.74) is 1.59. The standard InChI is InChI=1S/C14H23NO/c1-5-9-15-13(16)12-10-14(12,4)8-6-7-11(2)3/h5,7,12H,1,6,8-10H2,2-4H3,(H,15,16). The Morgan fingerprint density at radius 3 is 2.81 bits per heavy atom. The summed E-state index contributed by atoms with van der Waals surface area (Å²) in [7, 11) is 0. The van der Waals surface area contributed by atoms with Crippen molar-refractivity contribution in [3.8, 4) is 0 Å². The van der Waals surface area contributed by atoms with Crippen LogP contribution < -0.4 is 5.32 Å². The van der Waals surface area contributed by atoms with Gasteiger partial charge in [0.15, 0.2) is 0 Å². The van der Waals surface area contributed by atoms with Crippen molar-refractivity contribution in [2.75, 3.05) is 6.54 Å². The molecule has 0 aromatic rings. The second-order valence-corrected chi connectivity index (χ2v) is 5.26. The van der Waals surface area contributed by atoms with Gasteiger partial charge < -0.3 is 5.32 Å². The molecule has 2 nitrogen and oxygen atoms in total. The van der Waals surface area contributed by atoms with E-state index in [2.05, 4.69) is 38.7 Å². The molecule has 0 bridgehead atoms. The highest BCUT2D eigenvalue weighted by Gasteiger charge is 2.53. The summed E-state index contributed by atoms with van der Waals surface area (Å²) in [6.07, 6.45) is 7.21. The van der Waals surface area contributed by atoms with Crippen molar-refractivity contribution >= 4 is 5.91 Å². The first-order valence-corrected chi connectivity index (χ1v) is 6.01. The molecule has 1 rings (SSSR count). The van der Waals surface area contributed by atoms with Gasteiger partial charge >= 0.3 is 0 Å². The van der Waals surface area contributed by atoms with Crippen LogP contribution in [-0.2, 0) is 4.79 Å². The van der Waals surface area contributed by atoms with E-state index in [1.807, 2.05) is 0 Å². The van der Waals surface area contributed by atoms with E-state index in [0.29, 0.717) is 6.54 Å². The Morgan fingerprint density at radius 2 is 2.25 bits per heavy atom. The van der Waals surface area contributed by atoms with Gasteiger partial charge in [-0.25, -0.2) is 0 Å². The van der Waals surface area contributed by atoms with E-state index in [0.717, 1.165) is 19.3 Å². The van der Waals surface area contributed by atoms with Gasteiger partial charge in [-0.3, -0.25) is 4.79 Å². The van der Waals surface area contributed by atoms with Crippen molar-refractivity contribution in [2.45, 2.75) is 40.0 Å². The maximum atomic E-state index is 11.7. The molecule has 0 spiro atoms. The highest BCUT2D eigenvalue weighted by molar-refractivity contribution is 5.82. The minimum atomic E-state index is 0.194. The molecule has 1 amide bonds. The van der Waals surface area contributed by atoms with Gasteiger partial charge in [0.25, 0.3) is 0 Å². The Labute approximate surface area is 98.8 Å². The van der Waals surface area contributed by atoms with Crippen molar-refractivity contribution in [3.63, 3.8) is 0 Å². The lowest BCUT2D eigenvalue weighted by Gasteiger charge is -2.09. The second kappa shape index (κ2) is 5.33. The van der Waals surface area contributed by atoms with Crippen LogP contribution in [0.1, 0.15) is 40.0 Å². The molecule has 2 atom stereocenters. The van der Waals surface area contributed by atoms with Crippen LogP contribution >= 0.6 is 0 Å². The van der Waals surface area contributed by atoms with Crippen LogP contribution in [0.15, 0.2) is 24.3 Å². The van der Waals surface area contributed by atoms with Gasteiger partial charge in [-0.15, -0.1) is 6.58 Å². The summed E-state index contributed by atoms with van der Waals surface area (Å²) in [6, 6.07) is 0. The predicted molar refractivity (Wildman–Crippen MR) is 68.1 cm³/mol. The topological polar surface area (TPSA) is 29.1 Å². The number of carbonyl (C=O) groups is 1. The summed E-state index contributed by atoms with van der Waals surface area (Å²) in [5, 5.41) is 2.88. The van der Waals surface area contributed by atoms with Gasteiger partial charge in [0.2, 0.25) is 5.91 Å². The first kappa shape index (κ1) is 13.0.